The van der Waals surface area contributed by atoms with Gasteiger partial charge in [0.05, 0.1) is 11.7 Å². The zero-order valence-corrected chi connectivity index (χ0v) is 12.5. The highest BCUT2D eigenvalue weighted by molar-refractivity contribution is 9.10. The van der Waals surface area contributed by atoms with Gasteiger partial charge < -0.3 is 15.7 Å². The fraction of sp³-hybridized carbons (Fsp3) is 0.500. The molecule has 0 radical (unpaired) electrons. The molecule has 5 heteroatoms. The highest BCUT2D eigenvalue weighted by Crippen LogP contribution is 2.27. The first-order valence-electron chi connectivity index (χ1n) is 6.63. The predicted octanol–water partition coefficient (Wildman–Crippen LogP) is 2.87. The quantitative estimate of drug-likeness (QED) is 0.748. The first-order chi connectivity index (χ1) is 9.10. The van der Waals surface area contributed by atoms with Gasteiger partial charge in [0, 0.05) is 4.47 Å². The van der Waals surface area contributed by atoms with Gasteiger partial charge in [-0.05, 0) is 43.5 Å². The fourth-order valence-corrected chi connectivity index (χ4v) is 2.76. The summed E-state index contributed by atoms with van der Waals surface area (Å²) in [7, 11) is 0. The summed E-state index contributed by atoms with van der Waals surface area (Å²) in [6.45, 7) is 3.03. The van der Waals surface area contributed by atoms with E-state index in [1.54, 1.807) is 18.2 Å². The molecule has 0 saturated carbocycles. The van der Waals surface area contributed by atoms with E-state index >= 15 is 0 Å². The summed E-state index contributed by atoms with van der Waals surface area (Å²) in [6, 6.07) is 4.82. The molecule has 1 heterocycles. The van der Waals surface area contributed by atoms with Gasteiger partial charge in [-0.3, -0.25) is 4.79 Å². The summed E-state index contributed by atoms with van der Waals surface area (Å²) < 4.78 is 0.823. The number of benzene rings is 1. The molecule has 1 aromatic rings. The molecule has 1 fully saturated rings. The van der Waals surface area contributed by atoms with Crippen molar-refractivity contribution in [2.75, 3.05) is 11.9 Å². The molecule has 4 nitrogen and oxygen atoms in total. The molecule has 2 rings (SSSR count). The first-order valence-corrected chi connectivity index (χ1v) is 7.42. The van der Waals surface area contributed by atoms with Crippen molar-refractivity contribution in [3.8, 4) is 5.75 Å². The number of nitrogens with one attached hydrogen (secondary N) is 2. The maximum absolute atomic E-state index is 12.2. The van der Waals surface area contributed by atoms with E-state index in [2.05, 4.69) is 33.5 Å². The van der Waals surface area contributed by atoms with E-state index < -0.39 is 0 Å². The van der Waals surface area contributed by atoms with E-state index in [-0.39, 0.29) is 17.7 Å². The molecule has 1 aliphatic heterocycles. The molecule has 2 atom stereocenters. The monoisotopic (exact) mass is 326 g/mol. The van der Waals surface area contributed by atoms with Gasteiger partial charge >= 0.3 is 0 Å². The van der Waals surface area contributed by atoms with E-state index in [0.29, 0.717) is 11.6 Å². The number of hydrogen-bond donors (Lipinski definition) is 3. The third-order valence-corrected chi connectivity index (χ3v) is 4.12. The smallest absolute Gasteiger partial charge is 0.241 e. The average Bonchev–Trinajstić information content (AvgIpc) is 2.43. The summed E-state index contributed by atoms with van der Waals surface area (Å²) >= 11 is 3.32. The molecule has 2 unspecified atom stereocenters. The maximum Gasteiger partial charge on any atom is 0.241 e. The van der Waals surface area contributed by atoms with Crippen LogP contribution < -0.4 is 10.6 Å². The van der Waals surface area contributed by atoms with E-state index in [1.165, 1.54) is 0 Å². The van der Waals surface area contributed by atoms with Crippen molar-refractivity contribution in [1.29, 1.82) is 0 Å². The molecule has 1 aliphatic rings. The molecular formula is C14H19BrN2O2. The van der Waals surface area contributed by atoms with Crippen molar-refractivity contribution in [3.05, 3.63) is 22.7 Å². The van der Waals surface area contributed by atoms with Crippen LogP contribution in [-0.4, -0.2) is 23.6 Å². The first kappa shape index (κ1) is 14.3. The SMILES string of the molecule is CCC1CCNC(C(=O)Nc2cc(Br)ccc2O)C1. The number of rotatable bonds is 3. The zero-order chi connectivity index (χ0) is 13.8. The minimum Gasteiger partial charge on any atom is -0.506 e. The van der Waals surface area contributed by atoms with Crippen LogP contribution in [0.25, 0.3) is 0 Å². The van der Waals surface area contributed by atoms with Crippen molar-refractivity contribution < 1.29 is 9.90 Å². The number of phenolic OH excluding ortho intramolecular Hbond substituents is 1. The number of anilines is 1. The summed E-state index contributed by atoms with van der Waals surface area (Å²) in [5, 5.41) is 15.7. The van der Waals surface area contributed by atoms with Crippen LogP contribution in [-0.2, 0) is 4.79 Å². The zero-order valence-electron chi connectivity index (χ0n) is 10.9. The number of piperidine rings is 1. The van der Waals surface area contributed by atoms with E-state index in [4.69, 9.17) is 0 Å². The lowest BCUT2D eigenvalue weighted by atomic mass is 9.90. The Labute approximate surface area is 121 Å². The number of amides is 1. The minimum absolute atomic E-state index is 0.0773. The standard InChI is InChI=1S/C14H19BrN2O2/c1-2-9-5-6-16-12(7-9)14(19)17-11-8-10(15)3-4-13(11)18/h3-4,8-9,12,16,18H,2,5-7H2,1H3,(H,17,19). The minimum atomic E-state index is -0.169. The predicted molar refractivity (Wildman–Crippen MR) is 79.2 cm³/mol. The van der Waals surface area contributed by atoms with Crippen molar-refractivity contribution in [2.24, 2.45) is 5.92 Å². The van der Waals surface area contributed by atoms with Gasteiger partial charge in [0.15, 0.2) is 0 Å². The van der Waals surface area contributed by atoms with Gasteiger partial charge in [-0.25, -0.2) is 0 Å². The van der Waals surface area contributed by atoms with Gasteiger partial charge in [0.25, 0.3) is 0 Å². The second-order valence-corrected chi connectivity index (χ2v) is 5.87. The fourth-order valence-electron chi connectivity index (χ4n) is 2.39. The largest absolute Gasteiger partial charge is 0.506 e. The lowest BCUT2D eigenvalue weighted by Gasteiger charge is -2.28. The van der Waals surface area contributed by atoms with Gasteiger partial charge in [0.1, 0.15) is 5.75 Å². The molecule has 104 valence electrons. The Balaban J connectivity index is 2.02. The van der Waals surface area contributed by atoms with E-state index in [0.717, 1.165) is 30.3 Å². The number of carbonyl (C=O) groups excluding carboxylic acids is 1. The summed E-state index contributed by atoms with van der Waals surface area (Å²) in [5.74, 6) is 0.610. The van der Waals surface area contributed by atoms with Gasteiger partial charge in [0.2, 0.25) is 5.91 Å². The van der Waals surface area contributed by atoms with Crippen LogP contribution in [0.2, 0.25) is 0 Å². The van der Waals surface area contributed by atoms with Crippen molar-refractivity contribution in [2.45, 2.75) is 32.2 Å². The Bertz CT molecular complexity index is 465. The molecule has 0 bridgehead atoms. The number of phenols is 1. The second-order valence-electron chi connectivity index (χ2n) is 4.96. The highest BCUT2D eigenvalue weighted by Gasteiger charge is 2.26. The molecule has 0 aliphatic carbocycles. The Kier molecular flexibility index (Phi) is 4.82. The van der Waals surface area contributed by atoms with Gasteiger partial charge in [-0.1, -0.05) is 29.3 Å². The van der Waals surface area contributed by atoms with Crippen LogP contribution in [0.3, 0.4) is 0 Å². The molecule has 1 aromatic carbocycles. The van der Waals surface area contributed by atoms with Crippen molar-refractivity contribution in [1.82, 2.24) is 5.32 Å². The lowest BCUT2D eigenvalue weighted by molar-refractivity contribution is -0.119. The van der Waals surface area contributed by atoms with Crippen molar-refractivity contribution >= 4 is 27.5 Å². The topological polar surface area (TPSA) is 61.4 Å². The average molecular weight is 327 g/mol. The molecule has 0 spiro atoms. The second kappa shape index (κ2) is 6.39. The number of aromatic hydroxyl groups is 1. The van der Waals surface area contributed by atoms with Crippen LogP contribution >= 0.6 is 15.9 Å². The van der Waals surface area contributed by atoms with Crippen LogP contribution in [0.4, 0.5) is 5.69 Å². The molecule has 0 aromatic heterocycles. The third kappa shape index (κ3) is 3.70. The summed E-state index contributed by atoms with van der Waals surface area (Å²) in [4.78, 5) is 12.2. The molecular weight excluding hydrogens is 308 g/mol. The van der Waals surface area contributed by atoms with Crippen LogP contribution in [0.15, 0.2) is 22.7 Å². The molecule has 19 heavy (non-hydrogen) atoms. The third-order valence-electron chi connectivity index (χ3n) is 3.62. The lowest BCUT2D eigenvalue weighted by Crippen LogP contribution is -2.46. The summed E-state index contributed by atoms with van der Waals surface area (Å²) in [5.41, 5.74) is 0.444. The van der Waals surface area contributed by atoms with E-state index in [1.807, 2.05) is 0 Å². The van der Waals surface area contributed by atoms with E-state index in [9.17, 15) is 9.90 Å². The summed E-state index contributed by atoms with van der Waals surface area (Å²) in [6.07, 6.45) is 3.09. The Morgan fingerprint density at radius 3 is 3.11 bits per heavy atom. The van der Waals surface area contributed by atoms with Crippen molar-refractivity contribution in [3.63, 3.8) is 0 Å². The van der Waals surface area contributed by atoms with Gasteiger partial charge in [-0.15, -0.1) is 0 Å². The molecule has 3 N–H and O–H groups in total. The molecule has 1 amide bonds. The van der Waals surface area contributed by atoms with Crippen LogP contribution in [0.5, 0.6) is 5.75 Å². The van der Waals surface area contributed by atoms with Crippen LogP contribution in [0, 0.1) is 5.92 Å². The maximum atomic E-state index is 12.2. The normalized spacial score (nSPS) is 23.1. The Morgan fingerprint density at radius 2 is 2.37 bits per heavy atom. The number of halogens is 1. The Morgan fingerprint density at radius 1 is 1.58 bits per heavy atom. The number of carbonyl (C=O) groups is 1. The highest BCUT2D eigenvalue weighted by atomic mass is 79.9. The van der Waals surface area contributed by atoms with Gasteiger partial charge in [-0.2, -0.15) is 0 Å². The molecule has 1 saturated heterocycles. The number of hydrogen-bond acceptors (Lipinski definition) is 3. The Hall–Kier alpha value is -1.07. The van der Waals surface area contributed by atoms with Crippen LogP contribution in [0.1, 0.15) is 26.2 Å².